The summed E-state index contributed by atoms with van der Waals surface area (Å²) in [4.78, 5) is 32.1. The Balaban J connectivity index is 1.70. The topological polar surface area (TPSA) is 96.0 Å². The van der Waals surface area contributed by atoms with Crippen LogP contribution in [-0.4, -0.2) is 21.8 Å². The molecule has 0 aliphatic carbocycles. The minimum absolute atomic E-state index is 0.179. The number of aromatic nitrogens is 2. The van der Waals surface area contributed by atoms with E-state index in [1.807, 2.05) is 24.3 Å². The van der Waals surface area contributed by atoms with E-state index in [4.69, 9.17) is 0 Å². The SMILES string of the molecule is CCc1ccc(Nc2nccc(C(=O)Nc3cccc(NC(C)=O)c3)n2)cc1. The van der Waals surface area contributed by atoms with E-state index in [1.54, 1.807) is 30.3 Å². The van der Waals surface area contributed by atoms with Gasteiger partial charge < -0.3 is 16.0 Å². The van der Waals surface area contributed by atoms with Crippen LogP contribution in [0, 0.1) is 0 Å². The van der Waals surface area contributed by atoms with Gasteiger partial charge in [0.15, 0.2) is 0 Å². The molecule has 0 aliphatic rings. The van der Waals surface area contributed by atoms with Crippen molar-refractivity contribution >= 4 is 34.8 Å². The number of carbonyl (C=O) groups is 2. The molecule has 0 saturated carbocycles. The van der Waals surface area contributed by atoms with Gasteiger partial charge in [-0.25, -0.2) is 9.97 Å². The first-order chi connectivity index (χ1) is 13.5. The van der Waals surface area contributed by atoms with Crippen molar-refractivity contribution in [3.05, 3.63) is 72.1 Å². The standard InChI is InChI=1S/C21H21N5O2/c1-3-15-7-9-16(10-8-15)25-21-22-12-11-19(26-21)20(28)24-18-6-4-5-17(13-18)23-14(2)27/h4-13H,3H2,1-2H3,(H,23,27)(H,24,28)(H,22,25,26). The molecule has 0 bridgehead atoms. The van der Waals surface area contributed by atoms with E-state index in [0.717, 1.165) is 12.1 Å². The Morgan fingerprint density at radius 2 is 1.64 bits per heavy atom. The molecule has 2 aromatic carbocycles. The minimum atomic E-state index is -0.369. The average Bonchev–Trinajstić information content (AvgIpc) is 2.68. The molecule has 1 heterocycles. The smallest absolute Gasteiger partial charge is 0.274 e. The zero-order chi connectivity index (χ0) is 19.9. The van der Waals surface area contributed by atoms with Crippen LogP contribution in [0.4, 0.5) is 23.0 Å². The zero-order valence-electron chi connectivity index (χ0n) is 15.7. The maximum absolute atomic E-state index is 12.5. The molecule has 0 unspecified atom stereocenters. The molecule has 3 aromatic rings. The third-order valence-corrected chi connectivity index (χ3v) is 3.95. The summed E-state index contributed by atoms with van der Waals surface area (Å²) in [7, 11) is 0. The van der Waals surface area contributed by atoms with Crippen molar-refractivity contribution in [3.8, 4) is 0 Å². The lowest BCUT2D eigenvalue weighted by Gasteiger charge is -2.09. The van der Waals surface area contributed by atoms with Crippen LogP contribution in [0.3, 0.4) is 0 Å². The fraction of sp³-hybridized carbons (Fsp3) is 0.143. The van der Waals surface area contributed by atoms with E-state index in [-0.39, 0.29) is 17.5 Å². The monoisotopic (exact) mass is 375 g/mol. The Hall–Kier alpha value is -3.74. The number of amides is 2. The van der Waals surface area contributed by atoms with E-state index in [0.29, 0.717) is 17.3 Å². The molecule has 0 radical (unpaired) electrons. The van der Waals surface area contributed by atoms with Gasteiger partial charge in [-0.2, -0.15) is 0 Å². The summed E-state index contributed by atoms with van der Waals surface area (Å²) in [5.74, 6) is -0.211. The second-order valence-electron chi connectivity index (χ2n) is 6.16. The van der Waals surface area contributed by atoms with Gasteiger partial charge in [0.2, 0.25) is 11.9 Å². The number of hydrogen-bond acceptors (Lipinski definition) is 5. The van der Waals surface area contributed by atoms with E-state index in [2.05, 4.69) is 32.8 Å². The summed E-state index contributed by atoms with van der Waals surface area (Å²) >= 11 is 0. The van der Waals surface area contributed by atoms with Crippen LogP contribution in [0.1, 0.15) is 29.9 Å². The van der Waals surface area contributed by atoms with Gasteiger partial charge in [0.1, 0.15) is 5.69 Å². The van der Waals surface area contributed by atoms with Crippen LogP contribution >= 0.6 is 0 Å². The highest BCUT2D eigenvalue weighted by molar-refractivity contribution is 6.03. The number of hydrogen-bond donors (Lipinski definition) is 3. The normalized spacial score (nSPS) is 10.2. The lowest BCUT2D eigenvalue weighted by atomic mass is 10.1. The molecular formula is C21H21N5O2. The van der Waals surface area contributed by atoms with Crippen LogP contribution in [0.25, 0.3) is 0 Å². The number of carbonyl (C=O) groups excluding carboxylic acids is 2. The van der Waals surface area contributed by atoms with Crippen LogP contribution < -0.4 is 16.0 Å². The van der Waals surface area contributed by atoms with E-state index in [1.165, 1.54) is 18.7 Å². The highest BCUT2D eigenvalue weighted by Crippen LogP contribution is 2.17. The van der Waals surface area contributed by atoms with Gasteiger partial charge in [0.05, 0.1) is 0 Å². The molecule has 28 heavy (non-hydrogen) atoms. The molecule has 3 rings (SSSR count). The number of aryl methyl sites for hydroxylation is 1. The quantitative estimate of drug-likeness (QED) is 0.605. The Bertz CT molecular complexity index is 986. The van der Waals surface area contributed by atoms with Gasteiger partial charge in [-0.05, 0) is 48.4 Å². The van der Waals surface area contributed by atoms with Crippen LogP contribution in [0.15, 0.2) is 60.8 Å². The summed E-state index contributed by atoms with van der Waals surface area (Å²) in [6, 6.07) is 16.4. The van der Waals surface area contributed by atoms with Crippen molar-refractivity contribution < 1.29 is 9.59 Å². The van der Waals surface area contributed by atoms with Gasteiger partial charge in [0, 0.05) is 30.2 Å². The van der Waals surface area contributed by atoms with Crippen molar-refractivity contribution in [1.29, 1.82) is 0 Å². The number of benzene rings is 2. The number of nitrogens with zero attached hydrogens (tertiary/aromatic N) is 2. The highest BCUT2D eigenvalue weighted by Gasteiger charge is 2.10. The maximum Gasteiger partial charge on any atom is 0.274 e. The van der Waals surface area contributed by atoms with Gasteiger partial charge in [-0.1, -0.05) is 25.1 Å². The fourth-order valence-electron chi connectivity index (χ4n) is 2.57. The molecule has 7 heteroatoms. The predicted molar refractivity (Wildman–Crippen MR) is 110 cm³/mol. The van der Waals surface area contributed by atoms with E-state index in [9.17, 15) is 9.59 Å². The van der Waals surface area contributed by atoms with Crippen LogP contribution in [-0.2, 0) is 11.2 Å². The molecule has 1 aromatic heterocycles. The van der Waals surface area contributed by atoms with Crippen LogP contribution in [0.2, 0.25) is 0 Å². The summed E-state index contributed by atoms with van der Waals surface area (Å²) in [6.45, 7) is 3.52. The molecule has 0 atom stereocenters. The Morgan fingerprint density at radius 1 is 0.929 bits per heavy atom. The summed E-state index contributed by atoms with van der Waals surface area (Å²) in [6.07, 6.45) is 2.49. The number of rotatable bonds is 6. The summed E-state index contributed by atoms with van der Waals surface area (Å²) < 4.78 is 0. The molecule has 0 aliphatic heterocycles. The first kappa shape index (κ1) is 19.0. The van der Waals surface area contributed by atoms with Crippen molar-refractivity contribution in [2.45, 2.75) is 20.3 Å². The lowest BCUT2D eigenvalue weighted by molar-refractivity contribution is -0.114. The maximum atomic E-state index is 12.5. The zero-order valence-corrected chi connectivity index (χ0v) is 15.7. The Labute approximate surface area is 163 Å². The lowest BCUT2D eigenvalue weighted by Crippen LogP contribution is -2.15. The first-order valence-corrected chi connectivity index (χ1v) is 8.91. The molecule has 142 valence electrons. The first-order valence-electron chi connectivity index (χ1n) is 8.91. The Kier molecular flexibility index (Phi) is 5.96. The van der Waals surface area contributed by atoms with Crippen LogP contribution in [0.5, 0.6) is 0 Å². The largest absolute Gasteiger partial charge is 0.326 e. The molecule has 7 nitrogen and oxygen atoms in total. The summed E-state index contributed by atoms with van der Waals surface area (Å²) in [5.41, 5.74) is 3.47. The minimum Gasteiger partial charge on any atom is -0.326 e. The van der Waals surface area contributed by atoms with Gasteiger partial charge in [0.25, 0.3) is 5.91 Å². The third kappa shape index (κ3) is 5.14. The van der Waals surface area contributed by atoms with Gasteiger partial charge >= 0.3 is 0 Å². The molecular weight excluding hydrogens is 354 g/mol. The molecule has 0 saturated heterocycles. The number of nitrogens with one attached hydrogen (secondary N) is 3. The van der Waals surface area contributed by atoms with Crippen molar-refractivity contribution in [3.63, 3.8) is 0 Å². The highest BCUT2D eigenvalue weighted by atomic mass is 16.2. The second kappa shape index (κ2) is 8.77. The van der Waals surface area contributed by atoms with Crippen molar-refractivity contribution in [1.82, 2.24) is 9.97 Å². The molecule has 3 N–H and O–H groups in total. The summed E-state index contributed by atoms with van der Waals surface area (Å²) in [5, 5.41) is 8.54. The van der Waals surface area contributed by atoms with Crippen molar-refractivity contribution in [2.24, 2.45) is 0 Å². The predicted octanol–water partition coefficient (Wildman–Crippen LogP) is 3.99. The number of anilines is 4. The van der Waals surface area contributed by atoms with Crippen molar-refractivity contribution in [2.75, 3.05) is 16.0 Å². The third-order valence-electron chi connectivity index (χ3n) is 3.95. The van der Waals surface area contributed by atoms with E-state index >= 15 is 0 Å². The fourth-order valence-corrected chi connectivity index (χ4v) is 2.57. The molecule has 0 spiro atoms. The molecule has 0 fully saturated rings. The molecule has 2 amide bonds. The van der Waals surface area contributed by atoms with Gasteiger partial charge in [-0.3, -0.25) is 9.59 Å². The van der Waals surface area contributed by atoms with E-state index < -0.39 is 0 Å². The second-order valence-corrected chi connectivity index (χ2v) is 6.16. The Morgan fingerprint density at radius 3 is 2.32 bits per heavy atom. The van der Waals surface area contributed by atoms with Gasteiger partial charge in [-0.15, -0.1) is 0 Å². The average molecular weight is 375 g/mol.